The van der Waals surface area contributed by atoms with E-state index in [0.717, 1.165) is 33.1 Å². The highest BCUT2D eigenvalue weighted by Gasteiger charge is 2.15. The van der Waals surface area contributed by atoms with Crippen LogP contribution in [0.5, 0.6) is 0 Å². The molecule has 1 aromatic carbocycles. The van der Waals surface area contributed by atoms with Gasteiger partial charge in [-0.25, -0.2) is 15.0 Å². The Kier molecular flexibility index (Phi) is 4.18. The second-order valence-electron chi connectivity index (χ2n) is 6.14. The number of aromatic nitrogens is 3. The first kappa shape index (κ1) is 16.7. The molecule has 0 fully saturated rings. The molecule has 0 saturated carbocycles. The summed E-state index contributed by atoms with van der Waals surface area (Å²) in [6.45, 7) is 3.65. The number of rotatable bonds is 4. The number of hydrogen-bond donors (Lipinski definition) is 1. The maximum absolute atomic E-state index is 9.67. The molecule has 0 bridgehead atoms. The number of anilines is 2. The number of benzene rings is 1. The highest BCUT2D eigenvalue weighted by atomic mass is 32.1. The lowest BCUT2D eigenvalue weighted by molar-refractivity contribution is 0.170. The number of aryl methyl sites for hydroxylation is 1. The van der Waals surface area contributed by atoms with Crippen LogP contribution in [0, 0.1) is 6.92 Å². The smallest absolute Gasteiger partial charge is 0.190 e. The van der Waals surface area contributed by atoms with Gasteiger partial charge in [0, 0.05) is 23.4 Å². The number of furan rings is 1. The van der Waals surface area contributed by atoms with Crippen LogP contribution in [0.2, 0.25) is 0 Å². The molecule has 4 aromatic rings. The Morgan fingerprint density at radius 3 is 2.73 bits per heavy atom. The van der Waals surface area contributed by atoms with Gasteiger partial charge in [0.15, 0.2) is 5.13 Å². The Labute approximate surface area is 154 Å². The summed E-state index contributed by atoms with van der Waals surface area (Å²) in [5.41, 5.74) is 2.74. The largest absolute Gasteiger partial charge is 0.458 e. The third kappa shape index (κ3) is 2.95. The fourth-order valence-electron chi connectivity index (χ4n) is 2.78. The van der Waals surface area contributed by atoms with E-state index in [4.69, 9.17) is 4.42 Å². The summed E-state index contributed by atoms with van der Waals surface area (Å²) < 4.78 is 5.75. The van der Waals surface area contributed by atoms with E-state index in [0.29, 0.717) is 11.5 Å². The lowest BCUT2D eigenvalue weighted by Crippen LogP contribution is -2.11. The lowest BCUT2D eigenvalue weighted by Gasteiger charge is -2.16. The molecule has 0 amide bonds. The van der Waals surface area contributed by atoms with E-state index < -0.39 is 6.10 Å². The molecule has 4 rings (SSSR count). The van der Waals surface area contributed by atoms with Crippen LogP contribution in [0.3, 0.4) is 0 Å². The van der Waals surface area contributed by atoms with Gasteiger partial charge in [-0.3, -0.25) is 0 Å². The first-order valence-corrected chi connectivity index (χ1v) is 9.09. The summed E-state index contributed by atoms with van der Waals surface area (Å²) in [5, 5.41) is 13.5. The molecular weight excluding hydrogens is 348 g/mol. The summed E-state index contributed by atoms with van der Waals surface area (Å²) in [5.74, 6) is 2.03. The third-order valence-electron chi connectivity index (χ3n) is 4.15. The molecule has 7 heteroatoms. The Hall–Kier alpha value is -2.77. The highest BCUT2D eigenvalue weighted by Crippen LogP contribution is 2.33. The van der Waals surface area contributed by atoms with Gasteiger partial charge in [0.05, 0.1) is 11.2 Å². The van der Waals surface area contributed by atoms with Gasteiger partial charge in [0.2, 0.25) is 0 Å². The highest BCUT2D eigenvalue weighted by molar-refractivity contribution is 7.13. The molecule has 132 valence electrons. The van der Waals surface area contributed by atoms with Crippen molar-refractivity contribution in [1.29, 1.82) is 0 Å². The average molecular weight is 366 g/mol. The van der Waals surface area contributed by atoms with Gasteiger partial charge in [-0.1, -0.05) is 0 Å². The maximum Gasteiger partial charge on any atom is 0.190 e. The summed E-state index contributed by atoms with van der Waals surface area (Å²) in [6, 6.07) is 9.56. The van der Waals surface area contributed by atoms with Crippen LogP contribution in [0.15, 0.2) is 46.5 Å². The van der Waals surface area contributed by atoms with E-state index in [2.05, 4.69) is 15.0 Å². The molecule has 1 atom stereocenters. The minimum absolute atomic E-state index is 0.542. The van der Waals surface area contributed by atoms with Crippen LogP contribution in [-0.2, 0) is 0 Å². The molecule has 1 unspecified atom stereocenters. The van der Waals surface area contributed by atoms with Crippen molar-refractivity contribution in [3.63, 3.8) is 0 Å². The summed E-state index contributed by atoms with van der Waals surface area (Å²) in [6.07, 6.45) is 0.926. The molecule has 0 aliphatic carbocycles. The van der Waals surface area contributed by atoms with E-state index in [1.807, 2.05) is 48.5 Å². The first-order chi connectivity index (χ1) is 12.5. The maximum atomic E-state index is 9.67. The molecule has 0 radical (unpaired) electrons. The van der Waals surface area contributed by atoms with Gasteiger partial charge in [-0.15, -0.1) is 11.3 Å². The summed E-state index contributed by atoms with van der Waals surface area (Å²) in [7, 11) is 1.95. The van der Waals surface area contributed by atoms with Crippen molar-refractivity contribution in [2.45, 2.75) is 20.0 Å². The van der Waals surface area contributed by atoms with Crippen molar-refractivity contribution in [3.05, 3.63) is 53.5 Å². The molecule has 1 N–H and O–H groups in total. The Balaban J connectivity index is 1.81. The van der Waals surface area contributed by atoms with Gasteiger partial charge in [0.25, 0.3) is 0 Å². The monoisotopic (exact) mass is 366 g/mol. The topological polar surface area (TPSA) is 75.3 Å². The number of aliphatic hydroxyl groups excluding tert-OH is 1. The van der Waals surface area contributed by atoms with Crippen LogP contribution >= 0.6 is 11.3 Å². The van der Waals surface area contributed by atoms with Gasteiger partial charge < -0.3 is 14.4 Å². The quantitative estimate of drug-likeness (QED) is 0.574. The van der Waals surface area contributed by atoms with Crippen LogP contribution in [0.25, 0.3) is 22.2 Å². The predicted molar refractivity (Wildman–Crippen MR) is 103 cm³/mol. The van der Waals surface area contributed by atoms with Crippen molar-refractivity contribution >= 4 is 33.2 Å². The van der Waals surface area contributed by atoms with Gasteiger partial charge in [-0.2, -0.15) is 0 Å². The summed E-state index contributed by atoms with van der Waals surface area (Å²) in [4.78, 5) is 15.3. The summed E-state index contributed by atoms with van der Waals surface area (Å²) >= 11 is 1.58. The van der Waals surface area contributed by atoms with Crippen LogP contribution in [-0.4, -0.2) is 27.1 Å². The molecule has 0 aliphatic rings. The molecular formula is C19H18N4O2S. The standard InChI is InChI=1S/C19H18N4O2S/c1-11-9-26-19(22-11)23(3)18-14-8-13(4-5-15(14)20-10-21-18)17-7-6-16(25-17)12(2)24/h4-10,12,24H,1-3H3. The van der Waals surface area contributed by atoms with E-state index in [1.165, 1.54) is 0 Å². The molecule has 26 heavy (non-hydrogen) atoms. The Morgan fingerprint density at radius 2 is 2.04 bits per heavy atom. The predicted octanol–water partition coefficient (Wildman–Crippen LogP) is 4.48. The fraction of sp³-hybridized carbons (Fsp3) is 0.211. The van der Waals surface area contributed by atoms with E-state index in [-0.39, 0.29) is 0 Å². The van der Waals surface area contributed by atoms with Gasteiger partial charge in [0.1, 0.15) is 29.8 Å². The van der Waals surface area contributed by atoms with Crippen LogP contribution < -0.4 is 4.90 Å². The van der Waals surface area contributed by atoms with Crippen LogP contribution in [0.4, 0.5) is 10.9 Å². The SMILES string of the molecule is Cc1csc(N(C)c2ncnc3ccc(-c4ccc(C(C)O)o4)cc23)n1. The molecule has 0 saturated heterocycles. The van der Waals surface area contributed by atoms with E-state index in [9.17, 15) is 5.11 Å². The van der Waals surface area contributed by atoms with Crippen molar-refractivity contribution < 1.29 is 9.52 Å². The first-order valence-electron chi connectivity index (χ1n) is 8.21. The van der Waals surface area contributed by atoms with Crippen LogP contribution in [0.1, 0.15) is 24.5 Å². The minimum atomic E-state index is -0.637. The van der Waals surface area contributed by atoms with Crippen molar-refractivity contribution in [2.75, 3.05) is 11.9 Å². The molecule has 3 heterocycles. The van der Waals surface area contributed by atoms with E-state index in [1.54, 1.807) is 30.7 Å². The second-order valence-corrected chi connectivity index (χ2v) is 6.97. The Bertz CT molecular complexity index is 1070. The molecule has 6 nitrogen and oxygen atoms in total. The third-order valence-corrected chi connectivity index (χ3v) is 5.18. The zero-order chi connectivity index (χ0) is 18.3. The average Bonchev–Trinajstić information content (AvgIpc) is 3.29. The van der Waals surface area contributed by atoms with Gasteiger partial charge in [-0.05, 0) is 44.2 Å². The van der Waals surface area contributed by atoms with Crippen molar-refractivity contribution in [3.8, 4) is 11.3 Å². The fourth-order valence-corrected chi connectivity index (χ4v) is 3.55. The molecule has 3 aromatic heterocycles. The lowest BCUT2D eigenvalue weighted by atomic mass is 10.1. The number of nitrogens with zero attached hydrogens (tertiary/aromatic N) is 4. The normalized spacial score (nSPS) is 12.5. The van der Waals surface area contributed by atoms with Gasteiger partial charge >= 0.3 is 0 Å². The van der Waals surface area contributed by atoms with Crippen molar-refractivity contribution in [2.24, 2.45) is 0 Å². The number of aliphatic hydroxyl groups is 1. The van der Waals surface area contributed by atoms with E-state index >= 15 is 0 Å². The van der Waals surface area contributed by atoms with Crippen molar-refractivity contribution in [1.82, 2.24) is 15.0 Å². The molecule has 0 aliphatic heterocycles. The number of fused-ring (bicyclic) bond motifs is 1. The number of hydrogen-bond acceptors (Lipinski definition) is 7. The second kappa shape index (κ2) is 6.51. The zero-order valence-corrected chi connectivity index (χ0v) is 15.5. The zero-order valence-electron chi connectivity index (χ0n) is 14.7. The number of thiazole rings is 1. The minimum Gasteiger partial charge on any atom is -0.458 e. The molecule has 0 spiro atoms. The Morgan fingerprint density at radius 1 is 1.19 bits per heavy atom.